The molecule has 0 saturated carbocycles. The van der Waals surface area contributed by atoms with E-state index in [1.165, 1.54) is 16.8 Å². The summed E-state index contributed by atoms with van der Waals surface area (Å²) >= 11 is 0. The summed E-state index contributed by atoms with van der Waals surface area (Å²) in [6.07, 6.45) is 3.95. The molecular weight excluding hydrogens is 402 g/mol. The van der Waals surface area contributed by atoms with Crippen molar-refractivity contribution in [3.05, 3.63) is 65.4 Å². The molecule has 6 nitrogen and oxygen atoms in total. The van der Waals surface area contributed by atoms with E-state index in [4.69, 9.17) is 9.15 Å². The molecule has 4 rings (SSSR count). The van der Waals surface area contributed by atoms with Crippen molar-refractivity contribution in [1.29, 1.82) is 0 Å². The Kier molecular flexibility index (Phi) is 5.55. The van der Waals surface area contributed by atoms with Crippen molar-refractivity contribution in [3.63, 3.8) is 0 Å². The van der Waals surface area contributed by atoms with Crippen LogP contribution in [0.15, 0.2) is 58.1 Å². The molecule has 1 amide bonds. The van der Waals surface area contributed by atoms with Crippen molar-refractivity contribution in [2.24, 2.45) is 5.10 Å². The highest BCUT2D eigenvalue weighted by molar-refractivity contribution is 5.98. The van der Waals surface area contributed by atoms with Crippen LogP contribution in [0.5, 0.6) is 5.75 Å². The van der Waals surface area contributed by atoms with Crippen molar-refractivity contribution < 1.29 is 13.9 Å². The third-order valence-corrected chi connectivity index (χ3v) is 5.74. The van der Waals surface area contributed by atoms with Crippen molar-refractivity contribution in [1.82, 2.24) is 5.43 Å². The average molecular weight is 432 g/mol. The molecule has 1 N–H and O–H groups in total. The van der Waals surface area contributed by atoms with Crippen LogP contribution in [0.25, 0.3) is 16.5 Å². The van der Waals surface area contributed by atoms with E-state index >= 15 is 0 Å². The minimum Gasteiger partial charge on any atom is -0.493 e. The number of hydrazone groups is 1. The van der Waals surface area contributed by atoms with E-state index in [-0.39, 0.29) is 11.3 Å². The van der Waals surface area contributed by atoms with Crippen molar-refractivity contribution >= 4 is 34.4 Å². The molecule has 1 aliphatic rings. The number of para-hydroxylation sites is 1. The number of methoxy groups -OCH3 is 1. The van der Waals surface area contributed by atoms with Crippen molar-refractivity contribution in [3.8, 4) is 5.75 Å². The predicted octanol–water partition coefficient (Wildman–Crippen LogP) is 5.62. The second-order valence-electron chi connectivity index (χ2n) is 8.91. The number of nitrogens with zero attached hydrogens (tertiary/aromatic N) is 2. The molecule has 2 heterocycles. The van der Waals surface area contributed by atoms with Gasteiger partial charge in [-0.1, -0.05) is 24.3 Å². The first-order valence-corrected chi connectivity index (χ1v) is 10.7. The van der Waals surface area contributed by atoms with Crippen LogP contribution in [0.1, 0.15) is 56.3 Å². The maximum atomic E-state index is 12.5. The lowest BCUT2D eigenvalue weighted by Crippen LogP contribution is -2.49. The molecule has 0 unspecified atom stereocenters. The number of carbonyl (C=O) groups excluding carboxylic acids is 1. The summed E-state index contributed by atoms with van der Waals surface area (Å²) in [6.45, 7) is 11.0. The van der Waals surface area contributed by atoms with Gasteiger partial charge in [0.1, 0.15) is 0 Å². The number of carbonyl (C=O) groups is 1. The fourth-order valence-electron chi connectivity index (χ4n) is 4.62. The van der Waals surface area contributed by atoms with Gasteiger partial charge in [-0.2, -0.15) is 5.10 Å². The van der Waals surface area contributed by atoms with E-state index < -0.39 is 5.91 Å². The maximum Gasteiger partial charge on any atom is 0.307 e. The minimum absolute atomic E-state index is 0.0515. The SMILES string of the molecule is COc1cccc2cc(C(=O)N/N=C\c3ccc4c(c3)C(C)=CC(C)(C)N4C(C)C)oc12. The van der Waals surface area contributed by atoms with Gasteiger partial charge >= 0.3 is 5.91 Å². The Morgan fingerprint density at radius 2 is 2.00 bits per heavy atom. The highest BCUT2D eigenvalue weighted by atomic mass is 16.5. The molecule has 0 radical (unpaired) electrons. The first-order valence-electron chi connectivity index (χ1n) is 10.7. The fourth-order valence-corrected chi connectivity index (χ4v) is 4.62. The molecule has 166 valence electrons. The quantitative estimate of drug-likeness (QED) is 0.421. The molecule has 0 saturated heterocycles. The summed E-state index contributed by atoms with van der Waals surface area (Å²) in [5.41, 5.74) is 7.57. The number of amides is 1. The fraction of sp³-hybridized carbons (Fsp3) is 0.308. The van der Waals surface area contributed by atoms with Crippen LogP contribution in [0.4, 0.5) is 5.69 Å². The molecular formula is C26H29N3O3. The summed E-state index contributed by atoms with van der Waals surface area (Å²) in [5.74, 6) is 0.350. The molecule has 6 heteroatoms. The number of fused-ring (bicyclic) bond motifs is 2. The normalized spacial score (nSPS) is 15.2. The topological polar surface area (TPSA) is 67.1 Å². The number of allylic oxidation sites excluding steroid dienone is 1. The zero-order chi connectivity index (χ0) is 23.0. The van der Waals surface area contributed by atoms with Gasteiger partial charge in [0.2, 0.25) is 0 Å². The number of rotatable bonds is 5. The third-order valence-electron chi connectivity index (χ3n) is 5.74. The van der Waals surface area contributed by atoms with E-state index in [1.807, 2.05) is 18.2 Å². The van der Waals surface area contributed by atoms with Crippen LogP contribution in [0, 0.1) is 0 Å². The maximum absolute atomic E-state index is 12.5. The first kappa shape index (κ1) is 21.7. The Bertz CT molecular complexity index is 1230. The van der Waals surface area contributed by atoms with Crippen LogP contribution < -0.4 is 15.1 Å². The van der Waals surface area contributed by atoms with Crippen LogP contribution in [-0.4, -0.2) is 30.8 Å². The Morgan fingerprint density at radius 1 is 1.22 bits per heavy atom. The number of hydrogen-bond acceptors (Lipinski definition) is 5. The number of nitrogens with one attached hydrogen (secondary N) is 1. The van der Waals surface area contributed by atoms with E-state index in [0.29, 0.717) is 17.4 Å². The number of benzene rings is 2. The summed E-state index contributed by atoms with van der Waals surface area (Å²) < 4.78 is 11.0. The molecule has 0 spiro atoms. The number of ether oxygens (including phenoxy) is 1. The minimum atomic E-state index is -0.415. The Morgan fingerprint density at radius 3 is 2.72 bits per heavy atom. The molecule has 1 aromatic heterocycles. The Hall–Kier alpha value is -3.54. The zero-order valence-electron chi connectivity index (χ0n) is 19.4. The number of hydrogen-bond donors (Lipinski definition) is 1. The first-order chi connectivity index (χ1) is 15.2. The summed E-state index contributed by atoms with van der Waals surface area (Å²) in [6, 6.07) is 13.8. The molecule has 0 bridgehead atoms. The second-order valence-corrected chi connectivity index (χ2v) is 8.91. The smallest absolute Gasteiger partial charge is 0.307 e. The van der Waals surface area contributed by atoms with Crippen LogP contribution in [0.3, 0.4) is 0 Å². The van der Waals surface area contributed by atoms with Gasteiger partial charge in [0.15, 0.2) is 17.1 Å². The Labute approximate surface area is 188 Å². The molecule has 1 aliphatic heterocycles. The second kappa shape index (κ2) is 8.19. The van der Waals surface area contributed by atoms with Crippen LogP contribution in [-0.2, 0) is 0 Å². The number of furan rings is 1. The summed E-state index contributed by atoms with van der Waals surface area (Å²) in [7, 11) is 1.57. The lowest BCUT2D eigenvalue weighted by atomic mass is 9.87. The van der Waals surface area contributed by atoms with Crippen LogP contribution >= 0.6 is 0 Å². The van der Waals surface area contributed by atoms with Gasteiger partial charge in [-0.05, 0) is 70.0 Å². The predicted molar refractivity (Wildman–Crippen MR) is 130 cm³/mol. The molecule has 0 atom stereocenters. The van der Waals surface area contributed by atoms with Gasteiger partial charge in [-0.25, -0.2) is 5.43 Å². The van der Waals surface area contributed by atoms with Crippen molar-refractivity contribution in [2.45, 2.75) is 46.2 Å². The molecule has 0 aliphatic carbocycles. The standard InChI is InChI=1S/C26H29N3O3/c1-16(2)29-21-11-10-18(12-20(21)17(3)14-26(29,4)5)15-27-28-25(30)23-13-19-8-7-9-22(31-6)24(19)32-23/h7-16H,1-6H3,(H,28,30)/b27-15-. The molecule has 3 aromatic rings. The van der Waals surface area contributed by atoms with E-state index in [9.17, 15) is 4.79 Å². The molecule has 2 aromatic carbocycles. The van der Waals surface area contributed by atoms with Gasteiger partial charge in [0.05, 0.1) is 18.9 Å². The Balaban J connectivity index is 1.54. The van der Waals surface area contributed by atoms with Gasteiger partial charge in [-0.3, -0.25) is 4.79 Å². The monoisotopic (exact) mass is 431 g/mol. The van der Waals surface area contributed by atoms with Gasteiger partial charge in [0.25, 0.3) is 0 Å². The largest absolute Gasteiger partial charge is 0.493 e. The van der Waals surface area contributed by atoms with Gasteiger partial charge < -0.3 is 14.1 Å². The van der Waals surface area contributed by atoms with E-state index in [0.717, 1.165) is 10.9 Å². The molecule has 32 heavy (non-hydrogen) atoms. The highest BCUT2D eigenvalue weighted by Crippen LogP contribution is 2.40. The van der Waals surface area contributed by atoms with Crippen LogP contribution in [0.2, 0.25) is 0 Å². The zero-order valence-corrected chi connectivity index (χ0v) is 19.4. The van der Waals surface area contributed by atoms with E-state index in [2.05, 4.69) is 68.3 Å². The van der Waals surface area contributed by atoms with E-state index in [1.54, 1.807) is 25.5 Å². The van der Waals surface area contributed by atoms with Gasteiger partial charge in [0, 0.05) is 22.7 Å². The lowest BCUT2D eigenvalue weighted by molar-refractivity contribution is 0.0929. The lowest BCUT2D eigenvalue weighted by Gasteiger charge is -2.46. The third kappa shape index (κ3) is 3.88. The highest BCUT2D eigenvalue weighted by Gasteiger charge is 2.32. The summed E-state index contributed by atoms with van der Waals surface area (Å²) in [4.78, 5) is 14.9. The summed E-state index contributed by atoms with van der Waals surface area (Å²) in [5, 5.41) is 4.94. The average Bonchev–Trinajstić information content (AvgIpc) is 3.17. The van der Waals surface area contributed by atoms with Crippen molar-refractivity contribution in [2.75, 3.05) is 12.0 Å². The number of anilines is 1. The molecule has 0 fully saturated rings. The van der Waals surface area contributed by atoms with Gasteiger partial charge in [-0.15, -0.1) is 0 Å².